The number of hydrogen-bond donors (Lipinski definition) is 1. The molecular weight excluding hydrogens is 328 g/mol. The van der Waals surface area contributed by atoms with Crippen molar-refractivity contribution in [3.8, 4) is 17.1 Å². The Labute approximate surface area is 123 Å². The zero-order valence-corrected chi connectivity index (χ0v) is 12.5. The average Bonchev–Trinajstić information content (AvgIpc) is 2.86. The van der Waals surface area contributed by atoms with Crippen molar-refractivity contribution in [2.45, 2.75) is 19.4 Å². The number of carboxylic acid groups (broad SMARTS) is 1. The van der Waals surface area contributed by atoms with Crippen LogP contribution in [0.4, 0.5) is 0 Å². The van der Waals surface area contributed by atoms with Gasteiger partial charge in [-0.3, -0.25) is 4.79 Å². The maximum atomic E-state index is 10.8. The molecule has 1 aromatic heterocycles. The van der Waals surface area contributed by atoms with Crippen LogP contribution in [0.2, 0.25) is 0 Å². The SMILES string of the molecule is COc1cc(Br)ccc1-c1nnnn1C(C)CC(=O)O. The molecule has 1 atom stereocenters. The molecule has 0 aliphatic heterocycles. The fourth-order valence-corrected chi connectivity index (χ4v) is 2.20. The number of rotatable bonds is 5. The molecule has 1 heterocycles. The molecule has 2 aromatic rings. The number of halogens is 1. The molecule has 1 unspecified atom stereocenters. The normalized spacial score (nSPS) is 12.2. The van der Waals surface area contributed by atoms with Crippen LogP contribution in [0.15, 0.2) is 22.7 Å². The number of hydrogen-bond acceptors (Lipinski definition) is 5. The van der Waals surface area contributed by atoms with E-state index in [1.54, 1.807) is 20.1 Å². The van der Waals surface area contributed by atoms with Crippen LogP contribution in [0.25, 0.3) is 11.4 Å². The van der Waals surface area contributed by atoms with E-state index >= 15 is 0 Å². The van der Waals surface area contributed by atoms with Crippen molar-refractivity contribution in [1.82, 2.24) is 20.2 Å². The van der Waals surface area contributed by atoms with Gasteiger partial charge in [-0.1, -0.05) is 15.9 Å². The summed E-state index contributed by atoms with van der Waals surface area (Å²) in [5.41, 5.74) is 0.706. The lowest BCUT2D eigenvalue weighted by molar-refractivity contribution is -0.137. The Morgan fingerprint density at radius 1 is 1.55 bits per heavy atom. The van der Waals surface area contributed by atoms with Gasteiger partial charge in [0.1, 0.15) is 5.75 Å². The molecule has 0 saturated heterocycles. The Hall–Kier alpha value is -1.96. The summed E-state index contributed by atoms with van der Waals surface area (Å²) in [5, 5.41) is 20.3. The highest BCUT2D eigenvalue weighted by Gasteiger charge is 2.19. The number of carboxylic acids is 1. The van der Waals surface area contributed by atoms with Gasteiger partial charge in [-0.15, -0.1) is 5.10 Å². The molecule has 2 rings (SSSR count). The smallest absolute Gasteiger partial charge is 0.305 e. The van der Waals surface area contributed by atoms with Gasteiger partial charge in [0, 0.05) is 4.47 Å². The zero-order valence-electron chi connectivity index (χ0n) is 10.9. The summed E-state index contributed by atoms with van der Waals surface area (Å²) in [6.45, 7) is 1.75. The number of tetrazole rings is 1. The standard InChI is InChI=1S/C12H13BrN4O3/c1-7(5-11(18)19)17-12(14-15-16-17)9-4-3-8(13)6-10(9)20-2/h3-4,6-7H,5H2,1-2H3,(H,18,19). The monoisotopic (exact) mass is 340 g/mol. The highest BCUT2D eigenvalue weighted by Crippen LogP contribution is 2.32. The summed E-state index contributed by atoms with van der Waals surface area (Å²) in [5.74, 6) is 0.183. The van der Waals surface area contributed by atoms with Gasteiger partial charge >= 0.3 is 5.97 Å². The van der Waals surface area contributed by atoms with E-state index in [0.717, 1.165) is 4.47 Å². The highest BCUT2D eigenvalue weighted by molar-refractivity contribution is 9.10. The minimum Gasteiger partial charge on any atom is -0.496 e. The van der Waals surface area contributed by atoms with E-state index in [-0.39, 0.29) is 12.5 Å². The number of ether oxygens (including phenoxy) is 1. The first-order valence-corrected chi connectivity index (χ1v) is 6.65. The van der Waals surface area contributed by atoms with Crippen molar-refractivity contribution in [2.24, 2.45) is 0 Å². The molecule has 1 aromatic carbocycles. The second-order valence-electron chi connectivity index (χ2n) is 4.24. The molecule has 106 valence electrons. The van der Waals surface area contributed by atoms with Gasteiger partial charge in [0.15, 0.2) is 5.82 Å². The van der Waals surface area contributed by atoms with Crippen molar-refractivity contribution >= 4 is 21.9 Å². The van der Waals surface area contributed by atoms with Crippen LogP contribution in [0, 0.1) is 0 Å². The molecule has 0 bridgehead atoms. The second-order valence-corrected chi connectivity index (χ2v) is 5.15. The molecule has 7 nitrogen and oxygen atoms in total. The average molecular weight is 341 g/mol. The van der Waals surface area contributed by atoms with E-state index in [1.807, 2.05) is 12.1 Å². The predicted octanol–water partition coefficient (Wildman–Crippen LogP) is 2.15. The Balaban J connectivity index is 2.44. The summed E-state index contributed by atoms with van der Waals surface area (Å²) >= 11 is 3.36. The third-order valence-corrected chi connectivity index (χ3v) is 3.28. The summed E-state index contributed by atoms with van der Waals surface area (Å²) in [4.78, 5) is 10.8. The van der Waals surface area contributed by atoms with Crippen molar-refractivity contribution in [3.63, 3.8) is 0 Å². The lowest BCUT2D eigenvalue weighted by Gasteiger charge is -2.13. The van der Waals surface area contributed by atoms with Crippen LogP contribution < -0.4 is 4.74 Å². The first-order valence-electron chi connectivity index (χ1n) is 5.86. The summed E-state index contributed by atoms with van der Waals surface area (Å²) in [6, 6.07) is 5.11. The van der Waals surface area contributed by atoms with Gasteiger partial charge in [-0.05, 0) is 35.5 Å². The molecule has 0 aliphatic rings. The molecular formula is C12H13BrN4O3. The van der Waals surface area contributed by atoms with Crippen LogP contribution in [-0.2, 0) is 4.79 Å². The Bertz CT molecular complexity index is 629. The van der Waals surface area contributed by atoms with Crippen LogP contribution in [0.5, 0.6) is 5.75 Å². The third kappa shape index (κ3) is 2.96. The molecule has 8 heteroatoms. The molecule has 0 saturated carbocycles. The number of methoxy groups -OCH3 is 1. The quantitative estimate of drug-likeness (QED) is 0.896. The van der Waals surface area contributed by atoms with Gasteiger partial charge in [0.25, 0.3) is 0 Å². The maximum absolute atomic E-state index is 10.8. The first kappa shape index (κ1) is 14.4. The molecule has 0 amide bonds. The summed E-state index contributed by atoms with van der Waals surface area (Å²) in [6.07, 6.45) is -0.0586. The number of aliphatic carboxylic acids is 1. The van der Waals surface area contributed by atoms with E-state index in [9.17, 15) is 4.79 Å². The fraction of sp³-hybridized carbons (Fsp3) is 0.333. The van der Waals surface area contributed by atoms with Gasteiger partial charge in [-0.25, -0.2) is 4.68 Å². The largest absolute Gasteiger partial charge is 0.496 e. The number of carbonyl (C=O) groups is 1. The molecule has 0 aliphatic carbocycles. The molecule has 20 heavy (non-hydrogen) atoms. The van der Waals surface area contributed by atoms with E-state index in [4.69, 9.17) is 9.84 Å². The lowest BCUT2D eigenvalue weighted by atomic mass is 10.1. The van der Waals surface area contributed by atoms with Crippen molar-refractivity contribution in [3.05, 3.63) is 22.7 Å². The second kappa shape index (κ2) is 6.00. The molecule has 0 spiro atoms. The maximum Gasteiger partial charge on any atom is 0.305 e. The van der Waals surface area contributed by atoms with Crippen molar-refractivity contribution in [1.29, 1.82) is 0 Å². The number of nitrogens with zero attached hydrogens (tertiary/aromatic N) is 4. The highest BCUT2D eigenvalue weighted by atomic mass is 79.9. The fourth-order valence-electron chi connectivity index (χ4n) is 1.86. The molecule has 1 N–H and O–H groups in total. The van der Waals surface area contributed by atoms with Gasteiger partial charge < -0.3 is 9.84 Å². The zero-order chi connectivity index (χ0) is 14.7. The molecule has 0 radical (unpaired) electrons. The van der Waals surface area contributed by atoms with E-state index in [1.165, 1.54) is 4.68 Å². The van der Waals surface area contributed by atoms with Crippen LogP contribution in [0.3, 0.4) is 0 Å². The van der Waals surface area contributed by atoms with E-state index in [2.05, 4.69) is 31.5 Å². The van der Waals surface area contributed by atoms with Crippen molar-refractivity contribution in [2.75, 3.05) is 7.11 Å². The van der Waals surface area contributed by atoms with E-state index < -0.39 is 5.97 Å². The third-order valence-electron chi connectivity index (χ3n) is 2.78. The van der Waals surface area contributed by atoms with Crippen LogP contribution in [-0.4, -0.2) is 38.4 Å². The first-order chi connectivity index (χ1) is 9.52. The predicted molar refractivity (Wildman–Crippen MR) is 74.5 cm³/mol. The summed E-state index contributed by atoms with van der Waals surface area (Å²) in [7, 11) is 1.56. The van der Waals surface area contributed by atoms with E-state index in [0.29, 0.717) is 17.1 Å². The Kier molecular flexibility index (Phi) is 4.33. The minimum absolute atomic E-state index is 0.0586. The van der Waals surface area contributed by atoms with Gasteiger partial charge in [0.2, 0.25) is 0 Å². The minimum atomic E-state index is -0.901. The van der Waals surface area contributed by atoms with Gasteiger partial charge in [0.05, 0.1) is 25.1 Å². The number of aromatic nitrogens is 4. The number of benzene rings is 1. The Morgan fingerprint density at radius 2 is 2.30 bits per heavy atom. The summed E-state index contributed by atoms with van der Waals surface area (Å²) < 4.78 is 7.67. The Morgan fingerprint density at radius 3 is 2.95 bits per heavy atom. The van der Waals surface area contributed by atoms with Crippen LogP contribution in [0.1, 0.15) is 19.4 Å². The molecule has 0 fully saturated rings. The van der Waals surface area contributed by atoms with Gasteiger partial charge in [-0.2, -0.15) is 0 Å². The lowest BCUT2D eigenvalue weighted by Crippen LogP contribution is -2.13. The van der Waals surface area contributed by atoms with Crippen LogP contribution >= 0.6 is 15.9 Å². The topological polar surface area (TPSA) is 90.1 Å². The van der Waals surface area contributed by atoms with Crippen molar-refractivity contribution < 1.29 is 14.6 Å².